The lowest BCUT2D eigenvalue weighted by Crippen LogP contribution is -2.23. The highest BCUT2D eigenvalue weighted by molar-refractivity contribution is 9.10. The molecule has 0 aliphatic rings. The maximum atomic E-state index is 5.38. The second-order valence-electron chi connectivity index (χ2n) is 5.24. The first-order chi connectivity index (χ1) is 10.1. The van der Waals surface area contributed by atoms with E-state index in [4.69, 9.17) is 4.74 Å². The van der Waals surface area contributed by atoms with Gasteiger partial charge in [0.25, 0.3) is 0 Å². The van der Waals surface area contributed by atoms with Gasteiger partial charge in [-0.15, -0.1) is 0 Å². The molecule has 112 valence electrons. The summed E-state index contributed by atoms with van der Waals surface area (Å²) in [5.41, 5.74) is 5.08. The molecule has 2 aromatic carbocycles. The maximum Gasteiger partial charge on any atom is 0.119 e. The summed E-state index contributed by atoms with van der Waals surface area (Å²) in [6.45, 7) is 7.33. The molecule has 0 aliphatic heterocycles. The molecule has 0 bridgehead atoms. The lowest BCUT2D eigenvalue weighted by Gasteiger charge is -2.23. The van der Waals surface area contributed by atoms with Gasteiger partial charge in [-0.1, -0.05) is 46.6 Å². The fraction of sp³-hybridized carbons (Fsp3) is 0.333. The predicted octanol–water partition coefficient (Wildman–Crippen LogP) is 4.77. The number of hydrogen-bond donors (Lipinski definition) is 1. The minimum absolute atomic E-state index is 0.152. The Hall–Kier alpha value is -1.32. The van der Waals surface area contributed by atoms with Crippen molar-refractivity contribution in [2.24, 2.45) is 0 Å². The maximum absolute atomic E-state index is 5.38. The molecule has 0 aliphatic carbocycles. The zero-order valence-electron chi connectivity index (χ0n) is 13.0. The van der Waals surface area contributed by atoms with Gasteiger partial charge in [-0.3, -0.25) is 0 Å². The standard InChI is InChI=1S/C18H22BrNO/c1-5-20-18(15-10-12(2)6-7-13(15)3)16-11-14(21-4)8-9-17(16)19/h6-11,18,20H,5H2,1-4H3. The molecule has 21 heavy (non-hydrogen) atoms. The highest BCUT2D eigenvalue weighted by Gasteiger charge is 2.18. The third kappa shape index (κ3) is 3.66. The van der Waals surface area contributed by atoms with E-state index in [2.05, 4.69) is 66.3 Å². The highest BCUT2D eigenvalue weighted by Crippen LogP contribution is 2.33. The smallest absolute Gasteiger partial charge is 0.119 e. The van der Waals surface area contributed by atoms with Gasteiger partial charge >= 0.3 is 0 Å². The van der Waals surface area contributed by atoms with E-state index >= 15 is 0 Å². The minimum Gasteiger partial charge on any atom is -0.497 e. The lowest BCUT2D eigenvalue weighted by atomic mass is 9.93. The van der Waals surface area contributed by atoms with Crippen molar-refractivity contribution in [1.82, 2.24) is 5.32 Å². The van der Waals surface area contributed by atoms with E-state index < -0.39 is 0 Å². The number of nitrogens with one attached hydrogen (secondary N) is 1. The van der Waals surface area contributed by atoms with Crippen LogP contribution in [-0.4, -0.2) is 13.7 Å². The Labute approximate surface area is 135 Å². The zero-order valence-corrected chi connectivity index (χ0v) is 14.6. The van der Waals surface area contributed by atoms with Gasteiger partial charge in [0.15, 0.2) is 0 Å². The molecule has 0 fully saturated rings. The van der Waals surface area contributed by atoms with Crippen LogP contribution in [0, 0.1) is 13.8 Å². The van der Waals surface area contributed by atoms with E-state index in [1.54, 1.807) is 7.11 Å². The number of ether oxygens (including phenoxy) is 1. The summed E-state index contributed by atoms with van der Waals surface area (Å²) in [6, 6.07) is 12.9. The van der Waals surface area contributed by atoms with Gasteiger partial charge in [0.1, 0.15) is 5.75 Å². The second-order valence-corrected chi connectivity index (χ2v) is 6.09. The molecule has 0 aromatic heterocycles. The van der Waals surface area contributed by atoms with Crippen LogP contribution in [0.1, 0.15) is 35.2 Å². The van der Waals surface area contributed by atoms with E-state index in [0.29, 0.717) is 0 Å². The average molecular weight is 348 g/mol. The average Bonchev–Trinajstić information content (AvgIpc) is 2.48. The molecule has 0 spiro atoms. The van der Waals surface area contributed by atoms with Crippen LogP contribution in [0.2, 0.25) is 0 Å². The Balaban J connectivity index is 2.55. The van der Waals surface area contributed by atoms with Crippen LogP contribution >= 0.6 is 15.9 Å². The highest BCUT2D eigenvalue weighted by atomic mass is 79.9. The molecule has 2 aromatic rings. The molecule has 0 saturated heterocycles. The fourth-order valence-electron chi connectivity index (χ4n) is 2.53. The first kappa shape index (κ1) is 16.1. The van der Waals surface area contributed by atoms with Gasteiger partial charge in [-0.2, -0.15) is 0 Å². The zero-order chi connectivity index (χ0) is 15.4. The van der Waals surface area contributed by atoms with Gasteiger partial charge in [-0.25, -0.2) is 0 Å². The summed E-state index contributed by atoms with van der Waals surface area (Å²) in [5, 5.41) is 3.59. The molecule has 1 unspecified atom stereocenters. The number of rotatable bonds is 5. The van der Waals surface area contributed by atoms with Gasteiger partial charge in [0, 0.05) is 4.47 Å². The van der Waals surface area contributed by atoms with E-state index in [0.717, 1.165) is 16.8 Å². The van der Waals surface area contributed by atoms with Crippen LogP contribution in [0.15, 0.2) is 40.9 Å². The molecule has 0 amide bonds. The molecular weight excluding hydrogens is 326 g/mol. The predicted molar refractivity (Wildman–Crippen MR) is 92.1 cm³/mol. The fourth-order valence-corrected chi connectivity index (χ4v) is 3.01. The first-order valence-corrected chi connectivity index (χ1v) is 8.00. The summed E-state index contributed by atoms with van der Waals surface area (Å²) in [7, 11) is 1.70. The van der Waals surface area contributed by atoms with Crippen LogP contribution in [0.5, 0.6) is 5.75 Å². The van der Waals surface area contributed by atoms with Gasteiger partial charge in [0.2, 0.25) is 0 Å². The van der Waals surface area contributed by atoms with Crippen molar-refractivity contribution in [3.63, 3.8) is 0 Å². The van der Waals surface area contributed by atoms with E-state index in [1.165, 1.54) is 22.3 Å². The van der Waals surface area contributed by atoms with E-state index in [9.17, 15) is 0 Å². The van der Waals surface area contributed by atoms with Gasteiger partial charge in [-0.05, 0) is 55.3 Å². The topological polar surface area (TPSA) is 21.3 Å². The monoisotopic (exact) mass is 347 g/mol. The van der Waals surface area contributed by atoms with Crippen molar-refractivity contribution in [1.29, 1.82) is 0 Å². The number of hydrogen-bond acceptors (Lipinski definition) is 2. The summed E-state index contributed by atoms with van der Waals surface area (Å²) in [5.74, 6) is 0.876. The molecule has 0 saturated carbocycles. The Morgan fingerprint density at radius 3 is 2.52 bits per heavy atom. The third-order valence-corrected chi connectivity index (χ3v) is 4.39. The van der Waals surface area contributed by atoms with Crippen LogP contribution in [-0.2, 0) is 0 Å². The molecule has 2 rings (SSSR count). The lowest BCUT2D eigenvalue weighted by molar-refractivity contribution is 0.413. The Bertz CT molecular complexity index is 625. The molecule has 3 heteroatoms. The number of aryl methyl sites for hydroxylation is 2. The summed E-state index contributed by atoms with van der Waals surface area (Å²) >= 11 is 3.68. The Morgan fingerprint density at radius 1 is 1.10 bits per heavy atom. The van der Waals surface area contributed by atoms with Gasteiger partial charge < -0.3 is 10.1 Å². The largest absolute Gasteiger partial charge is 0.497 e. The number of benzene rings is 2. The molecular formula is C18H22BrNO. The quantitative estimate of drug-likeness (QED) is 0.840. The van der Waals surface area contributed by atoms with Crippen molar-refractivity contribution < 1.29 is 4.74 Å². The second kappa shape index (κ2) is 7.10. The van der Waals surface area contributed by atoms with Crippen molar-refractivity contribution in [3.8, 4) is 5.75 Å². The number of methoxy groups -OCH3 is 1. The molecule has 1 atom stereocenters. The Morgan fingerprint density at radius 2 is 1.86 bits per heavy atom. The SMILES string of the molecule is CCNC(c1cc(C)ccc1C)c1cc(OC)ccc1Br. The molecule has 0 radical (unpaired) electrons. The number of halogens is 1. The van der Waals surface area contributed by atoms with E-state index in [-0.39, 0.29) is 6.04 Å². The molecule has 0 heterocycles. The third-order valence-electron chi connectivity index (χ3n) is 3.67. The van der Waals surface area contributed by atoms with Crippen molar-refractivity contribution in [2.45, 2.75) is 26.8 Å². The summed E-state index contributed by atoms with van der Waals surface area (Å²) < 4.78 is 6.47. The molecule has 2 nitrogen and oxygen atoms in total. The van der Waals surface area contributed by atoms with Crippen molar-refractivity contribution in [3.05, 3.63) is 63.1 Å². The summed E-state index contributed by atoms with van der Waals surface area (Å²) in [6.07, 6.45) is 0. The Kier molecular flexibility index (Phi) is 5.43. The minimum atomic E-state index is 0.152. The normalized spacial score (nSPS) is 12.2. The van der Waals surface area contributed by atoms with Gasteiger partial charge in [0.05, 0.1) is 13.2 Å². The first-order valence-electron chi connectivity index (χ1n) is 7.20. The van der Waals surface area contributed by atoms with Crippen molar-refractivity contribution >= 4 is 15.9 Å². The van der Waals surface area contributed by atoms with Crippen LogP contribution < -0.4 is 10.1 Å². The van der Waals surface area contributed by atoms with Crippen molar-refractivity contribution in [2.75, 3.05) is 13.7 Å². The molecule has 1 N–H and O–H groups in total. The van der Waals surface area contributed by atoms with Crippen LogP contribution in [0.3, 0.4) is 0 Å². The van der Waals surface area contributed by atoms with Crippen LogP contribution in [0.4, 0.5) is 0 Å². The van der Waals surface area contributed by atoms with E-state index in [1.807, 2.05) is 12.1 Å². The summed E-state index contributed by atoms with van der Waals surface area (Å²) in [4.78, 5) is 0. The van der Waals surface area contributed by atoms with Crippen LogP contribution in [0.25, 0.3) is 0 Å².